The summed E-state index contributed by atoms with van der Waals surface area (Å²) >= 11 is 0. The number of allylic oxidation sites excluding steroid dienone is 11. The molecule has 0 spiro atoms. The molecule has 7 aromatic carbocycles. The summed E-state index contributed by atoms with van der Waals surface area (Å²) in [6.07, 6.45) is 24.7. The fourth-order valence-electron chi connectivity index (χ4n) is 9.59. The van der Waals surface area contributed by atoms with Gasteiger partial charge in [0.15, 0.2) is 0 Å². The third-order valence-electron chi connectivity index (χ3n) is 12.8. The SMILES string of the molecule is C1=CC(c2ccc(N(C3=CC=C(c4ccc(N(C5=CCCC=C5)c5ccc6c7ccccc7n(-c7ccc(-c8ccccc8)cc7)c6c5)cc4)CC3)c3ccccc3)cc2)=CCC1. The maximum Gasteiger partial charge on any atom is 0.0561 e. The van der Waals surface area contributed by atoms with E-state index in [1.54, 1.807) is 0 Å². The van der Waals surface area contributed by atoms with E-state index in [2.05, 4.69) is 239 Å². The Bertz CT molecular complexity index is 3120. The maximum absolute atomic E-state index is 2.43. The van der Waals surface area contributed by atoms with Crippen LogP contribution in [0.5, 0.6) is 0 Å². The van der Waals surface area contributed by atoms with Crippen LogP contribution in [0.3, 0.4) is 0 Å². The second-order valence-corrected chi connectivity index (χ2v) is 16.7. The predicted octanol–water partition coefficient (Wildman–Crippen LogP) is 16.5. The normalized spacial score (nSPS) is 14.9. The Labute approximate surface area is 370 Å². The minimum Gasteiger partial charge on any atom is -0.314 e. The molecule has 0 N–H and O–H groups in total. The lowest BCUT2D eigenvalue weighted by Gasteiger charge is -2.30. The second-order valence-electron chi connectivity index (χ2n) is 16.7. The molecule has 63 heavy (non-hydrogen) atoms. The predicted molar refractivity (Wildman–Crippen MR) is 268 cm³/mol. The number of rotatable bonds is 10. The van der Waals surface area contributed by atoms with E-state index in [9.17, 15) is 0 Å². The largest absolute Gasteiger partial charge is 0.314 e. The van der Waals surface area contributed by atoms with E-state index in [1.165, 1.54) is 78.0 Å². The van der Waals surface area contributed by atoms with Crippen molar-refractivity contribution in [3.05, 3.63) is 247 Å². The molecule has 3 aliphatic rings. The van der Waals surface area contributed by atoms with Crippen molar-refractivity contribution in [3.8, 4) is 16.8 Å². The molecule has 0 unspecified atom stereocenters. The highest BCUT2D eigenvalue weighted by atomic mass is 15.2. The van der Waals surface area contributed by atoms with Crippen LogP contribution in [-0.2, 0) is 0 Å². The Morgan fingerprint density at radius 2 is 1.00 bits per heavy atom. The van der Waals surface area contributed by atoms with Gasteiger partial charge in [-0.25, -0.2) is 0 Å². The number of para-hydroxylation sites is 2. The average Bonchev–Trinajstić information content (AvgIpc) is 3.70. The van der Waals surface area contributed by atoms with Crippen LogP contribution >= 0.6 is 0 Å². The zero-order valence-electron chi connectivity index (χ0n) is 35.4. The third-order valence-corrected chi connectivity index (χ3v) is 12.8. The number of benzene rings is 7. The highest BCUT2D eigenvalue weighted by Gasteiger charge is 2.21. The lowest BCUT2D eigenvalue weighted by atomic mass is 9.94. The first-order valence-corrected chi connectivity index (χ1v) is 22.4. The topological polar surface area (TPSA) is 11.4 Å². The van der Waals surface area contributed by atoms with Crippen LogP contribution in [0, 0.1) is 0 Å². The van der Waals surface area contributed by atoms with Crippen molar-refractivity contribution in [2.75, 3.05) is 9.80 Å². The van der Waals surface area contributed by atoms with Gasteiger partial charge in [0, 0.05) is 50.6 Å². The quantitative estimate of drug-likeness (QED) is 0.136. The van der Waals surface area contributed by atoms with Crippen molar-refractivity contribution in [1.82, 2.24) is 4.57 Å². The van der Waals surface area contributed by atoms with Gasteiger partial charge >= 0.3 is 0 Å². The van der Waals surface area contributed by atoms with Gasteiger partial charge in [-0.3, -0.25) is 0 Å². The van der Waals surface area contributed by atoms with E-state index < -0.39 is 0 Å². The van der Waals surface area contributed by atoms with E-state index in [0.717, 1.165) is 55.6 Å². The van der Waals surface area contributed by atoms with E-state index in [4.69, 9.17) is 0 Å². The van der Waals surface area contributed by atoms with Crippen molar-refractivity contribution in [3.63, 3.8) is 0 Å². The average molecular weight is 812 g/mol. The summed E-state index contributed by atoms with van der Waals surface area (Å²) in [5.74, 6) is 0. The molecule has 0 atom stereocenters. The molecule has 3 heteroatoms. The molecule has 0 amide bonds. The summed E-state index contributed by atoms with van der Waals surface area (Å²) in [4.78, 5) is 4.85. The molecule has 0 aliphatic heterocycles. The maximum atomic E-state index is 2.43. The monoisotopic (exact) mass is 811 g/mol. The van der Waals surface area contributed by atoms with Crippen molar-refractivity contribution in [1.29, 1.82) is 0 Å². The van der Waals surface area contributed by atoms with Gasteiger partial charge in [0.1, 0.15) is 0 Å². The number of fused-ring (bicyclic) bond motifs is 3. The number of nitrogens with zero attached hydrogens (tertiary/aromatic N) is 3. The second kappa shape index (κ2) is 17.0. The van der Waals surface area contributed by atoms with E-state index in [-0.39, 0.29) is 0 Å². The summed E-state index contributed by atoms with van der Waals surface area (Å²) in [7, 11) is 0. The molecule has 0 saturated heterocycles. The summed E-state index contributed by atoms with van der Waals surface area (Å²) < 4.78 is 2.42. The molecule has 8 aromatic rings. The minimum atomic E-state index is 0.949. The third kappa shape index (κ3) is 7.57. The van der Waals surface area contributed by atoms with Crippen LogP contribution in [0.2, 0.25) is 0 Å². The zero-order valence-corrected chi connectivity index (χ0v) is 35.4. The molecule has 304 valence electrons. The Morgan fingerprint density at radius 1 is 0.397 bits per heavy atom. The van der Waals surface area contributed by atoms with E-state index in [1.807, 2.05) is 0 Å². The first-order chi connectivity index (χ1) is 31.2. The summed E-state index contributed by atoms with van der Waals surface area (Å²) in [6.45, 7) is 0. The lowest BCUT2D eigenvalue weighted by Crippen LogP contribution is -2.18. The minimum absolute atomic E-state index is 0.949. The van der Waals surface area contributed by atoms with Crippen LogP contribution in [-0.4, -0.2) is 4.57 Å². The Hall–Kier alpha value is -7.62. The first kappa shape index (κ1) is 38.3. The van der Waals surface area contributed by atoms with Gasteiger partial charge in [0.25, 0.3) is 0 Å². The zero-order chi connectivity index (χ0) is 42.0. The fraction of sp³-hybridized carbons (Fsp3) is 0.100. The number of hydrogen-bond donors (Lipinski definition) is 0. The smallest absolute Gasteiger partial charge is 0.0561 e. The molecule has 1 heterocycles. The molecule has 3 aliphatic carbocycles. The van der Waals surface area contributed by atoms with Crippen LogP contribution in [0.4, 0.5) is 22.7 Å². The van der Waals surface area contributed by atoms with Crippen molar-refractivity contribution in [2.45, 2.75) is 38.5 Å². The molecule has 3 nitrogen and oxygen atoms in total. The lowest BCUT2D eigenvalue weighted by molar-refractivity contribution is 0.930. The molecule has 11 rings (SSSR count). The van der Waals surface area contributed by atoms with Crippen LogP contribution in [0.25, 0.3) is 49.8 Å². The fourth-order valence-corrected chi connectivity index (χ4v) is 9.59. The van der Waals surface area contributed by atoms with Gasteiger partial charge in [0.2, 0.25) is 0 Å². The molecular weight excluding hydrogens is 763 g/mol. The van der Waals surface area contributed by atoms with Crippen molar-refractivity contribution < 1.29 is 0 Å². The Balaban J connectivity index is 0.921. The van der Waals surface area contributed by atoms with Gasteiger partial charge < -0.3 is 14.4 Å². The van der Waals surface area contributed by atoms with Gasteiger partial charge in [-0.05, 0) is 151 Å². The van der Waals surface area contributed by atoms with E-state index >= 15 is 0 Å². The molecule has 0 radical (unpaired) electrons. The molecule has 0 fully saturated rings. The molecular formula is C60H49N3. The Morgan fingerprint density at radius 3 is 1.70 bits per heavy atom. The summed E-state index contributed by atoms with van der Waals surface area (Å²) in [5, 5.41) is 2.51. The number of hydrogen-bond acceptors (Lipinski definition) is 2. The van der Waals surface area contributed by atoms with Crippen molar-refractivity contribution >= 4 is 55.7 Å². The van der Waals surface area contributed by atoms with Gasteiger partial charge in [-0.2, -0.15) is 0 Å². The van der Waals surface area contributed by atoms with Crippen LogP contribution in [0.1, 0.15) is 49.7 Å². The Kier molecular flexibility index (Phi) is 10.4. The molecule has 1 aromatic heterocycles. The molecule has 0 bridgehead atoms. The van der Waals surface area contributed by atoms with Gasteiger partial charge in [0.05, 0.1) is 11.0 Å². The standard InChI is InChI=1S/C60H49N3/c1-5-15-44(16-6-1)46-25-33-52(34-26-46)61(50-19-9-3-10-20-50)53-35-27-48(28-36-53)49-29-37-54(38-30-49)62(51-21-11-4-12-22-51)56-41-42-58-57-23-13-14-24-59(57)63(60(58)43-56)55-39-31-47(32-40-55)45-17-7-2-8-18-45/h2-3,5,7-11,13-27,29-35,37-43H,1,4,6,12,28,36H2. The van der Waals surface area contributed by atoms with E-state index in [0.29, 0.717) is 0 Å². The van der Waals surface area contributed by atoms with Gasteiger partial charge in [-0.15, -0.1) is 0 Å². The summed E-state index contributed by atoms with van der Waals surface area (Å²) in [6, 6.07) is 64.5. The highest BCUT2D eigenvalue weighted by molar-refractivity contribution is 6.10. The molecule has 0 saturated carbocycles. The van der Waals surface area contributed by atoms with Crippen LogP contribution in [0.15, 0.2) is 236 Å². The number of anilines is 4. The number of aromatic nitrogens is 1. The highest BCUT2D eigenvalue weighted by Crippen LogP contribution is 2.41. The first-order valence-electron chi connectivity index (χ1n) is 22.4. The van der Waals surface area contributed by atoms with Gasteiger partial charge in [-0.1, -0.05) is 146 Å². The summed E-state index contributed by atoms with van der Waals surface area (Å²) in [5.41, 5.74) is 18.4. The van der Waals surface area contributed by atoms with Crippen molar-refractivity contribution in [2.24, 2.45) is 0 Å². The van der Waals surface area contributed by atoms with Crippen LogP contribution < -0.4 is 9.80 Å².